The molecule has 0 bridgehead atoms. The van der Waals surface area contributed by atoms with Crippen LogP contribution in [0.2, 0.25) is 0 Å². The minimum absolute atomic E-state index is 0.0113. The smallest absolute Gasteiger partial charge is 0.113 e. The first kappa shape index (κ1) is 26.6. The van der Waals surface area contributed by atoms with Crippen LogP contribution in [0.3, 0.4) is 0 Å². The molecule has 10 atom stereocenters. The summed E-state index contributed by atoms with van der Waals surface area (Å²) in [4.78, 5) is 4.64. The third-order valence-corrected chi connectivity index (χ3v) is 12.8. The van der Waals surface area contributed by atoms with Gasteiger partial charge >= 0.3 is 0 Å². The second kappa shape index (κ2) is 8.57. The topological polar surface area (TPSA) is 69.9 Å². The number of aliphatic hydroxyl groups excluding tert-OH is 1. The van der Waals surface area contributed by atoms with Crippen molar-refractivity contribution >= 4 is 0 Å². The predicted molar refractivity (Wildman–Crippen MR) is 137 cm³/mol. The molecular formula is C30H52O4. The summed E-state index contributed by atoms with van der Waals surface area (Å²) in [5.41, 5.74) is 0.822. The average molecular weight is 477 g/mol. The van der Waals surface area contributed by atoms with E-state index in [9.17, 15) is 15.5 Å². The van der Waals surface area contributed by atoms with Gasteiger partial charge in [0.1, 0.15) is 6.10 Å². The molecule has 0 aliphatic heterocycles. The number of hydrogen-bond donors (Lipinski definition) is 3. The molecule has 0 aromatic carbocycles. The van der Waals surface area contributed by atoms with E-state index in [4.69, 9.17) is 0 Å². The van der Waals surface area contributed by atoms with E-state index < -0.39 is 11.7 Å². The molecule has 0 heterocycles. The van der Waals surface area contributed by atoms with E-state index in [0.717, 1.165) is 24.8 Å². The molecule has 4 saturated carbocycles. The Balaban J connectivity index is 1.58. The predicted octanol–water partition coefficient (Wildman–Crippen LogP) is 7.00. The molecule has 0 spiro atoms. The van der Waals surface area contributed by atoms with E-state index in [1.807, 2.05) is 13.8 Å². The van der Waals surface area contributed by atoms with Crippen LogP contribution in [0.15, 0.2) is 12.2 Å². The van der Waals surface area contributed by atoms with Crippen LogP contribution in [0.25, 0.3) is 0 Å². The first-order valence-corrected chi connectivity index (χ1v) is 14.0. The summed E-state index contributed by atoms with van der Waals surface area (Å²) in [6.07, 6.45) is 9.87. The molecule has 3 N–H and O–H groups in total. The van der Waals surface area contributed by atoms with Crippen molar-refractivity contribution in [3.63, 3.8) is 0 Å². The third-order valence-electron chi connectivity index (χ3n) is 12.8. The van der Waals surface area contributed by atoms with Crippen molar-refractivity contribution in [2.75, 3.05) is 0 Å². The first-order valence-electron chi connectivity index (χ1n) is 14.0. The van der Waals surface area contributed by atoms with Gasteiger partial charge in [0.2, 0.25) is 0 Å². The van der Waals surface area contributed by atoms with Gasteiger partial charge in [0.15, 0.2) is 0 Å². The first-order chi connectivity index (χ1) is 15.6. The summed E-state index contributed by atoms with van der Waals surface area (Å²) < 4.78 is 0. The van der Waals surface area contributed by atoms with Crippen LogP contribution in [0.1, 0.15) is 113 Å². The summed E-state index contributed by atoms with van der Waals surface area (Å²) >= 11 is 0. The van der Waals surface area contributed by atoms with Gasteiger partial charge in [0.25, 0.3) is 0 Å². The maximum absolute atomic E-state index is 11.7. The van der Waals surface area contributed by atoms with Crippen LogP contribution in [0.5, 0.6) is 0 Å². The molecule has 0 aromatic rings. The molecule has 0 amide bonds. The Morgan fingerprint density at radius 2 is 1.62 bits per heavy atom. The van der Waals surface area contributed by atoms with Gasteiger partial charge in [-0.25, -0.2) is 4.89 Å². The van der Waals surface area contributed by atoms with E-state index in [0.29, 0.717) is 30.6 Å². The van der Waals surface area contributed by atoms with Crippen molar-refractivity contribution in [1.82, 2.24) is 0 Å². The Bertz CT molecular complexity index is 789. The van der Waals surface area contributed by atoms with Gasteiger partial charge < -0.3 is 10.2 Å². The van der Waals surface area contributed by atoms with Crippen LogP contribution >= 0.6 is 0 Å². The van der Waals surface area contributed by atoms with Crippen LogP contribution in [0, 0.1) is 45.3 Å². The van der Waals surface area contributed by atoms with Gasteiger partial charge in [-0.3, -0.25) is 5.26 Å². The number of fused-ring (bicyclic) bond motifs is 5. The minimum Gasteiger partial charge on any atom is -0.393 e. The average Bonchev–Trinajstić information content (AvgIpc) is 3.10. The van der Waals surface area contributed by atoms with E-state index in [1.165, 1.54) is 32.1 Å². The second-order valence-corrected chi connectivity index (χ2v) is 14.5. The molecule has 4 rings (SSSR count). The van der Waals surface area contributed by atoms with Crippen LogP contribution in [-0.4, -0.2) is 33.3 Å². The van der Waals surface area contributed by atoms with Gasteiger partial charge in [-0.15, -0.1) is 0 Å². The van der Waals surface area contributed by atoms with Gasteiger partial charge in [-0.05, 0) is 129 Å². The highest BCUT2D eigenvalue weighted by Gasteiger charge is 2.69. The zero-order valence-corrected chi connectivity index (χ0v) is 23.0. The van der Waals surface area contributed by atoms with Crippen molar-refractivity contribution in [2.24, 2.45) is 45.3 Å². The Morgan fingerprint density at radius 1 is 0.971 bits per heavy atom. The van der Waals surface area contributed by atoms with E-state index >= 15 is 0 Å². The van der Waals surface area contributed by atoms with E-state index in [-0.39, 0.29) is 33.7 Å². The summed E-state index contributed by atoms with van der Waals surface area (Å²) in [7, 11) is 0. The third kappa shape index (κ3) is 3.68. The van der Waals surface area contributed by atoms with Crippen LogP contribution in [0.4, 0.5) is 0 Å². The molecule has 4 nitrogen and oxygen atoms in total. The van der Waals surface area contributed by atoms with Crippen LogP contribution < -0.4 is 0 Å². The fraction of sp³-hybridized carbons (Fsp3) is 0.933. The van der Waals surface area contributed by atoms with Gasteiger partial charge in [-0.2, -0.15) is 0 Å². The highest BCUT2D eigenvalue weighted by molar-refractivity contribution is 5.18. The Morgan fingerprint density at radius 3 is 2.24 bits per heavy atom. The number of rotatable bonds is 6. The molecule has 34 heavy (non-hydrogen) atoms. The van der Waals surface area contributed by atoms with Crippen molar-refractivity contribution < 1.29 is 20.4 Å². The molecule has 196 valence electrons. The SMILES string of the molecule is C=C(C)C(CCC(C)(O)C1CCC2(C)C1CCC1C3(C)CCC(O)C(C)(C)C3CCC12C)OO. The zero-order chi connectivity index (χ0) is 25.3. The van der Waals surface area contributed by atoms with E-state index in [1.54, 1.807) is 0 Å². The van der Waals surface area contributed by atoms with Gasteiger partial charge in [0, 0.05) is 0 Å². The monoisotopic (exact) mass is 476 g/mol. The quantitative estimate of drug-likeness (QED) is 0.219. The molecule has 0 radical (unpaired) electrons. The van der Waals surface area contributed by atoms with Crippen molar-refractivity contribution in [2.45, 2.75) is 130 Å². The standard InChI is InChI=1S/C30H52O4/c1-19(2)22(34-33)12-18-30(8,32)21-11-16-28(6)20(21)9-10-24-27(5)15-14-25(31)26(3,4)23(27)13-17-29(24,28)7/h20-25,31-33H,1,9-18H2,2-8H3. The lowest BCUT2D eigenvalue weighted by molar-refractivity contribution is -0.271. The summed E-state index contributed by atoms with van der Waals surface area (Å²) in [6, 6.07) is 0. The van der Waals surface area contributed by atoms with Crippen molar-refractivity contribution in [3.8, 4) is 0 Å². The maximum Gasteiger partial charge on any atom is 0.113 e. The molecule has 4 fully saturated rings. The molecule has 4 heteroatoms. The Kier molecular flexibility index (Phi) is 6.71. The lowest BCUT2D eigenvalue weighted by atomic mass is 9.35. The summed E-state index contributed by atoms with van der Waals surface area (Å²) in [5.74, 6) is 2.09. The molecule has 10 unspecified atom stereocenters. The van der Waals surface area contributed by atoms with Crippen molar-refractivity contribution in [1.29, 1.82) is 0 Å². The largest absolute Gasteiger partial charge is 0.393 e. The Labute approximate surface area is 208 Å². The van der Waals surface area contributed by atoms with E-state index in [2.05, 4.69) is 46.1 Å². The minimum atomic E-state index is -0.768. The second-order valence-electron chi connectivity index (χ2n) is 14.5. The van der Waals surface area contributed by atoms with Gasteiger partial charge in [0.05, 0.1) is 11.7 Å². The molecule has 0 aromatic heterocycles. The highest BCUT2D eigenvalue weighted by Crippen LogP contribution is 2.75. The number of aliphatic hydroxyl groups is 2. The lowest BCUT2D eigenvalue weighted by Crippen LogP contribution is -2.64. The van der Waals surface area contributed by atoms with Crippen LogP contribution in [-0.2, 0) is 4.89 Å². The molecular weight excluding hydrogens is 424 g/mol. The summed E-state index contributed by atoms with van der Waals surface area (Å²) in [5, 5.41) is 31.8. The summed E-state index contributed by atoms with van der Waals surface area (Å²) in [6.45, 7) is 20.2. The normalized spacial score (nSPS) is 48.2. The maximum atomic E-state index is 11.7. The molecule has 4 aliphatic rings. The highest BCUT2D eigenvalue weighted by atomic mass is 17.1. The molecule has 4 aliphatic carbocycles. The fourth-order valence-electron chi connectivity index (χ4n) is 10.5. The Hall–Kier alpha value is -0.420. The lowest BCUT2D eigenvalue weighted by Gasteiger charge is -2.70. The molecule has 0 saturated heterocycles. The van der Waals surface area contributed by atoms with Crippen molar-refractivity contribution in [3.05, 3.63) is 12.2 Å². The fourth-order valence-corrected chi connectivity index (χ4v) is 10.5. The number of hydrogen-bond acceptors (Lipinski definition) is 4. The zero-order valence-electron chi connectivity index (χ0n) is 23.0. The van der Waals surface area contributed by atoms with Gasteiger partial charge in [-0.1, -0.05) is 41.2 Å².